The van der Waals surface area contributed by atoms with E-state index in [2.05, 4.69) is 38.7 Å². The summed E-state index contributed by atoms with van der Waals surface area (Å²) in [6, 6.07) is 2.05. The summed E-state index contributed by atoms with van der Waals surface area (Å²) in [4.78, 5) is 4.14. The molecule has 0 amide bonds. The molecule has 0 radical (unpaired) electrons. The molecule has 1 aromatic heterocycles. The Morgan fingerprint density at radius 1 is 1.40 bits per heavy atom. The maximum absolute atomic E-state index is 6.34. The van der Waals surface area contributed by atoms with Crippen molar-refractivity contribution >= 4 is 11.6 Å². The van der Waals surface area contributed by atoms with Crippen molar-refractivity contribution in [2.24, 2.45) is 5.41 Å². The van der Waals surface area contributed by atoms with Crippen LogP contribution in [0.1, 0.15) is 38.3 Å². The van der Waals surface area contributed by atoms with E-state index in [9.17, 15) is 0 Å². The van der Waals surface area contributed by atoms with Crippen molar-refractivity contribution in [1.29, 1.82) is 0 Å². The lowest BCUT2D eigenvalue weighted by molar-refractivity contribution is 0.374. The summed E-state index contributed by atoms with van der Waals surface area (Å²) in [7, 11) is 0. The number of rotatable bonds is 3. The zero-order chi connectivity index (χ0) is 11.5. The molecule has 0 saturated carbocycles. The second kappa shape index (κ2) is 4.98. The molecule has 0 aliphatic heterocycles. The van der Waals surface area contributed by atoms with Crippen LogP contribution >= 0.6 is 11.6 Å². The van der Waals surface area contributed by atoms with Crippen molar-refractivity contribution in [2.45, 2.75) is 45.9 Å². The first-order chi connectivity index (χ1) is 6.91. The van der Waals surface area contributed by atoms with E-state index in [1.807, 2.05) is 12.4 Å². The van der Waals surface area contributed by atoms with Crippen LogP contribution < -0.4 is 0 Å². The van der Waals surface area contributed by atoms with Gasteiger partial charge in [-0.05, 0) is 42.4 Å². The Bertz CT molecular complexity index is 315. The summed E-state index contributed by atoms with van der Waals surface area (Å²) in [5, 5.41) is 0.220. The number of hydrogen-bond donors (Lipinski definition) is 0. The minimum atomic E-state index is 0.178. The average molecular weight is 226 g/mol. The first-order valence-corrected chi connectivity index (χ1v) is 5.88. The third kappa shape index (κ3) is 3.83. The molecule has 1 atom stereocenters. The number of nitrogens with zero attached hydrogens (tertiary/aromatic N) is 1. The van der Waals surface area contributed by atoms with Crippen LogP contribution in [0, 0.1) is 12.3 Å². The summed E-state index contributed by atoms with van der Waals surface area (Å²) in [5.41, 5.74) is 2.80. The molecule has 0 fully saturated rings. The van der Waals surface area contributed by atoms with Gasteiger partial charge in [0.2, 0.25) is 0 Å². The minimum Gasteiger partial charge on any atom is -0.264 e. The van der Waals surface area contributed by atoms with Gasteiger partial charge in [-0.1, -0.05) is 20.8 Å². The van der Waals surface area contributed by atoms with Crippen LogP contribution in [0.5, 0.6) is 0 Å². The zero-order valence-corrected chi connectivity index (χ0v) is 10.8. The number of pyridine rings is 1. The van der Waals surface area contributed by atoms with Crippen molar-refractivity contribution in [3.8, 4) is 0 Å². The monoisotopic (exact) mass is 225 g/mol. The van der Waals surface area contributed by atoms with Gasteiger partial charge in [-0.15, -0.1) is 11.6 Å². The van der Waals surface area contributed by atoms with Crippen LogP contribution in [0.2, 0.25) is 0 Å². The highest BCUT2D eigenvalue weighted by atomic mass is 35.5. The highest BCUT2D eigenvalue weighted by molar-refractivity contribution is 6.21. The van der Waals surface area contributed by atoms with Crippen molar-refractivity contribution < 1.29 is 0 Å². The normalized spacial score (nSPS) is 13.9. The molecule has 1 heterocycles. The van der Waals surface area contributed by atoms with Gasteiger partial charge in [0, 0.05) is 17.8 Å². The Morgan fingerprint density at radius 3 is 2.60 bits per heavy atom. The maximum atomic E-state index is 6.34. The highest BCUT2D eigenvalue weighted by Crippen LogP contribution is 2.28. The Labute approximate surface area is 97.9 Å². The largest absolute Gasteiger partial charge is 0.264 e. The molecule has 84 valence electrons. The van der Waals surface area contributed by atoms with Gasteiger partial charge in [0.05, 0.1) is 0 Å². The molecule has 2 heteroatoms. The smallest absolute Gasteiger partial charge is 0.0387 e. The van der Waals surface area contributed by atoms with Crippen LogP contribution in [0.4, 0.5) is 0 Å². The van der Waals surface area contributed by atoms with E-state index in [-0.39, 0.29) is 10.8 Å². The van der Waals surface area contributed by atoms with Crippen molar-refractivity contribution in [2.75, 3.05) is 0 Å². The number of aromatic nitrogens is 1. The fourth-order valence-corrected chi connectivity index (χ4v) is 1.58. The third-order valence-corrected chi connectivity index (χ3v) is 3.63. The van der Waals surface area contributed by atoms with E-state index in [0.717, 1.165) is 12.8 Å². The van der Waals surface area contributed by atoms with Crippen molar-refractivity contribution in [1.82, 2.24) is 4.98 Å². The summed E-state index contributed by atoms with van der Waals surface area (Å²) in [6.07, 6.45) is 5.81. The molecule has 0 aliphatic carbocycles. The fraction of sp³-hybridized carbons (Fsp3) is 0.615. The Morgan fingerprint density at radius 2 is 2.07 bits per heavy atom. The van der Waals surface area contributed by atoms with Gasteiger partial charge >= 0.3 is 0 Å². The fourth-order valence-electron chi connectivity index (χ4n) is 1.47. The lowest BCUT2D eigenvalue weighted by Crippen LogP contribution is -2.21. The minimum absolute atomic E-state index is 0.178. The van der Waals surface area contributed by atoms with E-state index in [1.165, 1.54) is 11.1 Å². The zero-order valence-electron chi connectivity index (χ0n) is 10.0. The van der Waals surface area contributed by atoms with E-state index < -0.39 is 0 Å². The molecule has 0 bridgehead atoms. The molecule has 0 N–H and O–H groups in total. The Balaban J connectivity index is 2.55. The molecule has 1 nitrogen and oxygen atoms in total. The van der Waals surface area contributed by atoms with Gasteiger partial charge in [-0.25, -0.2) is 0 Å². The predicted octanol–water partition coefficient (Wildman–Crippen LogP) is 3.98. The van der Waals surface area contributed by atoms with Crippen LogP contribution in [0.25, 0.3) is 0 Å². The summed E-state index contributed by atoms with van der Waals surface area (Å²) >= 11 is 6.34. The van der Waals surface area contributed by atoms with Gasteiger partial charge in [0.15, 0.2) is 0 Å². The van der Waals surface area contributed by atoms with Crippen molar-refractivity contribution in [3.63, 3.8) is 0 Å². The third-order valence-electron chi connectivity index (χ3n) is 2.75. The molecular weight excluding hydrogens is 206 g/mol. The van der Waals surface area contributed by atoms with E-state index in [0.29, 0.717) is 0 Å². The van der Waals surface area contributed by atoms with Gasteiger partial charge in [-0.2, -0.15) is 0 Å². The van der Waals surface area contributed by atoms with Gasteiger partial charge in [0.1, 0.15) is 0 Å². The van der Waals surface area contributed by atoms with Gasteiger partial charge in [0.25, 0.3) is 0 Å². The quantitative estimate of drug-likeness (QED) is 0.710. The van der Waals surface area contributed by atoms with E-state index in [4.69, 9.17) is 11.6 Å². The van der Waals surface area contributed by atoms with Crippen LogP contribution in [-0.2, 0) is 6.42 Å². The van der Waals surface area contributed by atoms with E-state index >= 15 is 0 Å². The van der Waals surface area contributed by atoms with Crippen molar-refractivity contribution in [3.05, 3.63) is 29.6 Å². The number of hydrogen-bond acceptors (Lipinski definition) is 1. The predicted molar refractivity (Wildman–Crippen MR) is 66.4 cm³/mol. The molecule has 1 rings (SSSR count). The van der Waals surface area contributed by atoms with Crippen LogP contribution in [0.3, 0.4) is 0 Å². The Kier molecular flexibility index (Phi) is 4.15. The topological polar surface area (TPSA) is 12.9 Å². The average Bonchev–Trinajstić information content (AvgIpc) is 2.14. The number of halogens is 1. The van der Waals surface area contributed by atoms with Gasteiger partial charge < -0.3 is 0 Å². The molecule has 0 aromatic carbocycles. The van der Waals surface area contributed by atoms with Crippen LogP contribution in [0.15, 0.2) is 18.5 Å². The summed E-state index contributed by atoms with van der Waals surface area (Å²) in [5.74, 6) is 0. The summed E-state index contributed by atoms with van der Waals surface area (Å²) < 4.78 is 0. The molecule has 0 spiro atoms. The SMILES string of the molecule is Cc1ccncc1CCC(Cl)C(C)(C)C. The molecule has 0 aliphatic rings. The summed E-state index contributed by atoms with van der Waals surface area (Å²) in [6.45, 7) is 8.67. The molecule has 0 saturated heterocycles. The van der Waals surface area contributed by atoms with E-state index in [1.54, 1.807) is 0 Å². The second-order valence-electron chi connectivity index (χ2n) is 5.17. The highest BCUT2D eigenvalue weighted by Gasteiger charge is 2.21. The first-order valence-electron chi connectivity index (χ1n) is 5.45. The second-order valence-corrected chi connectivity index (χ2v) is 5.70. The lowest BCUT2D eigenvalue weighted by Gasteiger charge is -2.25. The first kappa shape index (κ1) is 12.5. The standard InChI is InChI=1S/C13H20ClN/c1-10-7-8-15-9-11(10)5-6-12(14)13(2,3)4/h7-9,12H,5-6H2,1-4H3. The molecule has 1 aromatic rings. The van der Waals surface area contributed by atoms with Crippen LogP contribution in [-0.4, -0.2) is 10.4 Å². The number of aryl methyl sites for hydroxylation is 2. The molecule has 1 unspecified atom stereocenters. The Hall–Kier alpha value is -0.560. The lowest BCUT2D eigenvalue weighted by atomic mass is 9.88. The van der Waals surface area contributed by atoms with Gasteiger partial charge in [-0.3, -0.25) is 4.98 Å². The maximum Gasteiger partial charge on any atom is 0.0387 e. The number of alkyl halides is 1. The molecule has 15 heavy (non-hydrogen) atoms. The molecular formula is C13H20ClN.